The van der Waals surface area contributed by atoms with Crippen LogP contribution in [0.1, 0.15) is 37.3 Å². The molecule has 0 unspecified atom stereocenters. The van der Waals surface area contributed by atoms with Crippen LogP contribution in [0.15, 0.2) is 23.1 Å². The molecule has 0 radical (unpaired) electrons. The Bertz CT molecular complexity index is 537. The third kappa shape index (κ3) is 2.45. The molecule has 1 fully saturated rings. The zero-order valence-electron chi connectivity index (χ0n) is 11.3. The maximum atomic E-state index is 12.7. The summed E-state index contributed by atoms with van der Waals surface area (Å²) in [6.45, 7) is 6.50. The van der Waals surface area contributed by atoms with Gasteiger partial charge in [-0.2, -0.15) is 4.31 Å². The summed E-state index contributed by atoms with van der Waals surface area (Å²) in [7, 11) is -3.33. The van der Waals surface area contributed by atoms with Gasteiger partial charge in [0, 0.05) is 12.6 Å². The van der Waals surface area contributed by atoms with Gasteiger partial charge in [-0.1, -0.05) is 24.1 Å². The molecule has 100 valence electrons. The van der Waals surface area contributed by atoms with Crippen molar-refractivity contribution in [3.05, 3.63) is 29.3 Å². The van der Waals surface area contributed by atoms with Crippen LogP contribution in [-0.2, 0) is 10.0 Å². The summed E-state index contributed by atoms with van der Waals surface area (Å²) in [5, 5.41) is 0. The van der Waals surface area contributed by atoms with E-state index in [9.17, 15) is 8.42 Å². The molecule has 0 aromatic heterocycles. The normalized spacial score (nSPS) is 22.1. The third-order valence-corrected chi connectivity index (χ3v) is 5.83. The van der Waals surface area contributed by atoms with E-state index < -0.39 is 10.0 Å². The lowest BCUT2D eigenvalue weighted by molar-refractivity contribution is 0.268. The molecule has 1 aromatic rings. The quantitative estimate of drug-likeness (QED) is 0.826. The highest BCUT2D eigenvalue weighted by Gasteiger charge is 2.31. The monoisotopic (exact) mass is 267 g/mol. The summed E-state index contributed by atoms with van der Waals surface area (Å²) in [4.78, 5) is 0.460. The first-order valence-electron chi connectivity index (χ1n) is 6.52. The van der Waals surface area contributed by atoms with Gasteiger partial charge in [0.15, 0.2) is 0 Å². The number of sulfonamides is 1. The van der Waals surface area contributed by atoms with Gasteiger partial charge in [-0.3, -0.25) is 0 Å². The van der Waals surface area contributed by atoms with Crippen LogP contribution in [0.3, 0.4) is 0 Å². The largest absolute Gasteiger partial charge is 0.243 e. The van der Waals surface area contributed by atoms with Crippen LogP contribution < -0.4 is 0 Å². The van der Waals surface area contributed by atoms with Gasteiger partial charge in [0.1, 0.15) is 0 Å². The lowest BCUT2D eigenvalue weighted by Crippen LogP contribution is -2.42. The maximum absolute atomic E-state index is 12.7. The van der Waals surface area contributed by atoms with Gasteiger partial charge in [0.25, 0.3) is 0 Å². The number of benzene rings is 1. The molecule has 0 aliphatic carbocycles. The van der Waals surface area contributed by atoms with Crippen molar-refractivity contribution in [3.63, 3.8) is 0 Å². The van der Waals surface area contributed by atoms with Crippen LogP contribution >= 0.6 is 0 Å². The predicted octanol–water partition coefficient (Wildman–Crippen LogP) is 2.87. The zero-order chi connectivity index (χ0) is 13.3. The standard InChI is InChI=1S/C14H21NO2S/c1-11-7-8-14(12(2)10-11)18(16,17)15-9-5-4-6-13(15)3/h7-8,10,13H,4-6,9H2,1-3H3/t13-/m0/s1. The van der Waals surface area contributed by atoms with Gasteiger partial charge in [0.2, 0.25) is 10.0 Å². The molecule has 0 bridgehead atoms. The summed E-state index contributed by atoms with van der Waals surface area (Å²) < 4.78 is 27.0. The van der Waals surface area contributed by atoms with E-state index in [2.05, 4.69) is 0 Å². The number of piperidine rings is 1. The van der Waals surface area contributed by atoms with Crippen molar-refractivity contribution in [2.75, 3.05) is 6.54 Å². The number of hydrogen-bond donors (Lipinski definition) is 0. The summed E-state index contributed by atoms with van der Waals surface area (Å²) >= 11 is 0. The molecule has 1 aliphatic rings. The highest BCUT2D eigenvalue weighted by molar-refractivity contribution is 7.89. The predicted molar refractivity (Wildman–Crippen MR) is 73.1 cm³/mol. The molecular weight excluding hydrogens is 246 g/mol. The van der Waals surface area contributed by atoms with Gasteiger partial charge < -0.3 is 0 Å². The average molecular weight is 267 g/mol. The van der Waals surface area contributed by atoms with E-state index >= 15 is 0 Å². The Balaban J connectivity index is 2.41. The first-order chi connectivity index (χ1) is 8.43. The lowest BCUT2D eigenvalue weighted by Gasteiger charge is -2.32. The van der Waals surface area contributed by atoms with Crippen LogP contribution in [0.25, 0.3) is 0 Å². The van der Waals surface area contributed by atoms with E-state index in [0.717, 1.165) is 30.4 Å². The Morgan fingerprint density at radius 3 is 2.56 bits per heavy atom. The maximum Gasteiger partial charge on any atom is 0.243 e. The minimum Gasteiger partial charge on any atom is -0.207 e. The van der Waals surface area contributed by atoms with Crippen LogP contribution in [0, 0.1) is 13.8 Å². The fraction of sp³-hybridized carbons (Fsp3) is 0.571. The number of rotatable bonds is 2. The molecule has 0 spiro atoms. The van der Waals surface area contributed by atoms with Crippen molar-refractivity contribution < 1.29 is 8.42 Å². The van der Waals surface area contributed by atoms with Crippen molar-refractivity contribution in [3.8, 4) is 0 Å². The molecule has 1 heterocycles. The Labute approximate surface area is 110 Å². The van der Waals surface area contributed by atoms with E-state index in [4.69, 9.17) is 0 Å². The molecule has 1 aliphatic heterocycles. The molecule has 1 atom stereocenters. The van der Waals surface area contributed by atoms with Crippen LogP contribution in [0.2, 0.25) is 0 Å². The Hall–Kier alpha value is -0.870. The van der Waals surface area contributed by atoms with Gasteiger partial charge in [-0.25, -0.2) is 8.42 Å². The van der Waals surface area contributed by atoms with Gasteiger partial charge >= 0.3 is 0 Å². The molecular formula is C14H21NO2S. The number of aryl methyl sites for hydroxylation is 2. The smallest absolute Gasteiger partial charge is 0.207 e. The number of nitrogens with zero attached hydrogens (tertiary/aromatic N) is 1. The van der Waals surface area contributed by atoms with Gasteiger partial charge in [-0.15, -0.1) is 0 Å². The van der Waals surface area contributed by atoms with Crippen molar-refractivity contribution in [1.82, 2.24) is 4.31 Å². The zero-order valence-corrected chi connectivity index (χ0v) is 12.1. The van der Waals surface area contributed by atoms with E-state index in [-0.39, 0.29) is 6.04 Å². The van der Waals surface area contributed by atoms with Crippen molar-refractivity contribution >= 4 is 10.0 Å². The Kier molecular flexibility index (Phi) is 3.78. The van der Waals surface area contributed by atoms with Crippen molar-refractivity contribution in [2.24, 2.45) is 0 Å². The fourth-order valence-electron chi connectivity index (χ4n) is 2.64. The van der Waals surface area contributed by atoms with Gasteiger partial charge in [-0.05, 0) is 45.2 Å². The van der Waals surface area contributed by atoms with Crippen LogP contribution in [0.5, 0.6) is 0 Å². The second kappa shape index (κ2) is 5.02. The molecule has 0 N–H and O–H groups in total. The number of hydrogen-bond acceptors (Lipinski definition) is 2. The molecule has 1 saturated heterocycles. The molecule has 0 saturated carbocycles. The van der Waals surface area contributed by atoms with E-state index in [0.29, 0.717) is 11.4 Å². The molecule has 0 amide bonds. The van der Waals surface area contributed by atoms with Crippen molar-refractivity contribution in [2.45, 2.75) is 51.0 Å². The minimum absolute atomic E-state index is 0.115. The lowest BCUT2D eigenvalue weighted by atomic mass is 10.1. The SMILES string of the molecule is Cc1ccc(S(=O)(=O)N2CCCC[C@@H]2C)c(C)c1. The second-order valence-corrected chi connectivity index (χ2v) is 7.09. The third-order valence-electron chi connectivity index (χ3n) is 3.66. The van der Waals surface area contributed by atoms with Crippen LogP contribution in [0.4, 0.5) is 0 Å². The topological polar surface area (TPSA) is 37.4 Å². The molecule has 4 heteroatoms. The highest BCUT2D eigenvalue weighted by Crippen LogP contribution is 2.27. The first kappa shape index (κ1) is 13.6. The van der Waals surface area contributed by atoms with Crippen molar-refractivity contribution in [1.29, 1.82) is 0 Å². The molecule has 1 aromatic carbocycles. The average Bonchev–Trinajstić information content (AvgIpc) is 2.28. The van der Waals surface area contributed by atoms with E-state index in [1.807, 2.05) is 32.9 Å². The Morgan fingerprint density at radius 1 is 1.22 bits per heavy atom. The summed E-state index contributed by atoms with van der Waals surface area (Å²) in [5.74, 6) is 0. The van der Waals surface area contributed by atoms with Gasteiger partial charge in [0.05, 0.1) is 4.90 Å². The summed E-state index contributed by atoms with van der Waals surface area (Å²) in [5.41, 5.74) is 1.94. The Morgan fingerprint density at radius 2 is 1.94 bits per heavy atom. The first-order valence-corrected chi connectivity index (χ1v) is 7.96. The summed E-state index contributed by atoms with van der Waals surface area (Å²) in [6, 6.07) is 5.65. The van der Waals surface area contributed by atoms with E-state index in [1.165, 1.54) is 0 Å². The molecule has 2 rings (SSSR count). The van der Waals surface area contributed by atoms with E-state index in [1.54, 1.807) is 10.4 Å². The minimum atomic E-state index is -3.33. The molecule has 3 nitrogen and oxygen atoms in total. The summed E-state index contributed by atoms with van der Waals surface area (Å²) in [6.07, 6.45) is 3.05. The second-order valence-electron chi connectivity index (χ2n) is 5.23. The van der Waals surface area contributed by atoms with Crippen LogP contribution in [-0.4, -0.2) is 25.3 Å². The highest BCUT2D eigenvalue weighted by atomic mass is 32.2. The fourth-order valence-corrected chi connectivity index (χ4v) is 4.55. The molecule has 18 heavy (non-hydrogen) atoms.